The molecule has 0 aliphatic carbocycles. The van der Waals surface area contributed by atoms with Crippen molar-refractivity contribution in [1.82, 2.24) is 29.6 Å². The first kappa shape index (κ1) is 20.4. The molecule has 1 amide bonds. The van der Waals surface area contributed by atoms with Crippen molar-refractivity contribution in [1.29, 1.82) is 0 Å². The molecule has 0 fully saturated rings. The zero-order valence-electron chi connectivity index (χ0n) is 16.5. The number of thioether (sulfide) groups is 1. The number of benzene rings is 2. The Balaban J connectivity index is 1.25. The number of hydrogen-bond acceptors (Lipinski definition) is 5. The molecular weight excluding hydrogens is 420 g/mol. The Labute approximate surface area is 183 Å². The SMILES string of the molecule is Cc1ccc(-n2cnnc2SCC(=O)NCCCn2cnc3ccccc32)cc1Cl. The molecule has 0 spiro atoms. The highest BCUT2D eigenvalue weighted by atomic mass is 35.5. The fourth-order valence-corrected chi connectivity index (χ4v) is 4.01. The molecule has 9 heteroatoms. The normalized spacial score (nSPS) is 11.1. The zero-order chi connectivity index (χ0) is 20.9. The van der Waals surface area contributed by atoms with Gasteiger partial charge in [-0.15, -0.1) is 10.2 Å². The van der Waals surface area contributed by atoms with E-state index in [0.717, 1.165) is 35.2 Å². The molecule has 1 N–H and O–H groups in total. The number of nitrogens with zero attached hydrogens (tertiary/aromatic N) is 5. The minimum Gasteiger partial charge on any atom is -0.355 e. The summed E-state index contributed by atoms with van der Waals surface area (Å²) in [6, 6.07) is 13.8. The van der Waals surface area contributed by atoms with Crippen LogP contribution < -0.4 is 5.32 Å². The maximum absolute atomic E-state index is 12.2. The van der Waals surface area contributed by atoms with Gasteiger partial charge in [-0.05, 0) is 43.2 Å². The van der Waals surface area contributed by atoms with Crippen molar-refractivity contribution in [2.24, 2.45) is 0 Å². The van der Waals surface area contributed by atoms with Gasteiger partial charge in [0.05, 0.1) is 28.8 Å². The molecule has 4 aromatic rings. The van der Waals surface area contributed by atoms with Gasteiger partial charge in [0.2, 0.25) is 5.91 Å². The van der Waals surface area contributed by atoms with Gasteiger partial charge in [0.15, 0.2) is 5.16 Å². The largest absolute Gasteiger partial charge is 0.355 e. The quantitative estimate of drug-likeness (QED) is 0.332. The van der Waals surface area contributed by atoms with Gasteiger partial charge in [-0.25, -0.2) is 4.98 Å². The second-order valence-electron chi connectivity index (χ2n) is 6.84. The fraction of sp³-hybridized carbons (Fsp3) is 0.238. The van der Waals surface area contributed by atoms with Gasteiger partial charge in [0.25, 0.3) is 0 Å². The van der Waals surface area contributed by atoms with E-state index in [4.69, 9.17) is 11.6 Å². The highest BCUT2D eigenvalue weighted by Crippen LogP contribution is 2.23. The molecule has 0 unspecified atom stereocenters. The number of aromatic nitrogens is 5. The summed E-state index contributed by atoms with van der Waals surface area (Å²) in [6.07, 6.45) is 4.29. The third kappa shape index (κ3) is 4.66. The molecule has 0 aliphatic rings. The van der Waals surface area contributed by atoms with Crippen molar-refractivity contribution in [3.63, 3.8) is 0 Å². The number of rotatable bonds is 8. The molecule has 2 aromatic heterocycles. The topological polar surface area (TPSA) is 77.6 Å². The molecule has 0 radical (unpaired) electrons. The lowest BCUT2D eigenvalue weighted by Gasteiger charge is -2.09. The number of fused-ring (bicyclic) bond motifs is 1. The summed E-state index contributed by atoms with van der Waals surface area (Å²) in [4.78, 5) is 16.6. The van der Waals surface area contributed by atoms with E-state index in [-0.39, 0.29) is 11.7 Å². The van der Waals surface area contributed by atoms with Gasteiger partial charge in [-0.1, -0.05) is 41.6 Å². The van der Waals surface area contributed by atoms with E-state index < -0.39 is 0 Å². The summed E-state index contributed by atoms with van der Waals surface area (Å²) in [5.74, 6) is 0.235. The number of nitrogens with one attached hydrogen (secondary N) is 1. The lowest BCUT2D eigenvalue weighted by Crippen LogP contribution is -2.27. The van der Waals surface area contributed by atoms with Crippen LogP contribution in [0.25, 0.3) is 16.7 Å². The van der Waals surface area contributed by atoms with E-state index in [1.165, 1.54) is 11.8 Å². The van der Waals surface area contributed by atoms with Crippen LogP contribution >= 0.6 is 23.4 Å². The van der Waals surface area contributed by atoms with Gasteiger partial charge in [0, 0.05) is 18.1 Å². The van der Waals surface area contributed by atoms with Crippen LogP contribution in [0.15, 0.2) is 60.3 Å². The molecule has 30 heavy (non-hydrogen) atoms. The molecule has 2 aromatic carbocycles. The van der Waals surface area contributed by atoms with Gasteiger partial charge in [-0.3, -0.25) is 9.36 Å². The molecule has 4 rings (SSSR count). The van der Waals surface area contributed by atoms with E-state index >= 15 is 0 Å². The number of para-hydroxylation sites is 2. The van der Waals surface area contributed by atoms with Crippen LogP contribution in [0.4, 0.5) is 0 Å². The number of halogens is 1. The molecule has 0 bridgehead atoms. The standard InChI is InChI=1S/C21H21ClN6OS/c1-15-7-8-16(11-17(15)22)28-14-25-26-21(28)30-12-20(29)23-9-4-10-27-13-24-18-5-2-3-6-19(18)27/h2-3,5-8,11,13-14H,4,9-10,12H2,1H3,(H,23,29). The van der Waals surface area contributed by atoms with Crippen LogP contribution in [0.3, 0.4) is 0 Å². The molecule has 2 heterocycles. The van der Waals surface area contributed by atoms with E-state index in [9.17, 15) is 4.79 Å². The summed E-state index contributed by atoms with van der Waals surface area (Å²) in [5, 5.41) is 12.4. The lowest BCUT2D eigenvalue weighted by atomic mass is 10.2. The average molecular weight is 441 g/mol. The fourth-order valence-electron chi connectivity index (χ4n) is 3.08. The second-order valence-corrected chi connectivity index (χ2v) is 8.19. The Morgan fingerprint density at radius 1 is 1.20 bits per heavy atom. The smallest absolute Gasteiger partial charge is 0.230 e. The molecule has 0 aliphatic heterocycles. The van der Waals surface area contributed by atoms with Crippen molar-refractivity contribution < 1.29 is 4.79 Å². The first-order chi connectivity index (χ1) is 14.6. The Morgan fingerprint density at radius 2 is 2.07 bits per heavy atom. The number of imidazole rings is 1. The van der Waals surface area contributed by atoms with Crippen molar-refractivity contribution in [2.45, 2.75) is 25.0 Å². The van der Waals surface area contributed by atoms with Crippen LogP contribution in [-0.4, -0.2) is 42.5 Å². The van der Waals surface area contributed by atoms with Crippen molar-refractivity contribution in [2.75, 3.05) is 12.3 Å². The molecule has 154 valence electrons. The van der Waals surface area contributed by atoms with Crippen LogP contribution in [0.5, 0.6) is 0 Å². The van der Waals surface area contributed by atoms with E-state index in [1.807, 2.05) is 54.2 Å². The lowest BCUT2D eigenvalue weighted by molar-refractivity contribution is -0.118. The van der Waals surface area contributed by atoms with Crippen molar-refractivity contribution >= 4 is 40.3 Å². The highest BCUT2D eigenvalue weighted by molar-refractivity contribution is 7.99. The number of amides is 1. The molecule has 0 atom stereocenters. The number of carbonyl (C=O) groups is 1. The molecule has 7 nitrogen and oxygen atoms in total. The summed E-state index contributed by atoms with van der Waals surface area (Å²) in [6.45, 7) is 3.36. The van der Waals surface area contributed by atoms with E-state index in [0.29, 0.717) is 16.7 Å². The van der Waals surface area contributed by atoms with Gasteiger partial charge >= 0.3 is 0 Å². The van der Waals surface area contributed by atoms with Crippen LogP contribution in [0.1, 0.15) is 12.0 Å². The predicted octanol–water partition coefficient (Wildman–Crippen LogP) is 3.88. The third-order valence-electron chi connectivity index (χ3n) is 4.71. The maximum atomic E-state index is 12.2. The first-order valence-corrected chi connectivity index (χ1v) is 10.9. The molecule has 0 saturated heterocycles. The Hall–Kier alpha value is -2.84. The summed E-state index contributed by atoms with van der Waals surface area (Å²) < 4.78 is 3.93. The van der Waals surface area contributed by atoms with Crippen LogP contribution in [-0.2, 0) is 11.3 Å². The minimum absolute atomic E-state index is 0.0352. The maximum Gasteiger partial charge on any atom is 0.230 e. The summed E-state index contributed by atoms with van der Waals surface area (Å²) in [5.41, 5.74) is 3.96. The molecule has 0 saturated carbocycles. The van der Waals surface area contributed by atoms with Crippen LogP contribution in [0.2, 0.25) is 5.02 Å². The van der Waals surface area contributed by atoms with E-state index in [1.54, 1.807) is 6.33 Å². The van der Waals surface area contributed by atoms with Crippen molar-refractivity contribution in [3.8, 4) is 5.69 Å². The summed E-state index contributed by atoms with van der Waals surface area (Å²) >= 11 is 7.56. The summed E-state index contributed by atoms with van der Waals surface area (Å²) in [7, 11) is 0. The number of aryl methyl sites for hydroxylation is 2. The monoisotopic (exact) mass is 440 g/mol. The average Bonchev–Trinajstić information content (AvgIpc) is 3.39. The zero-order valence-corrected chi connectivity index (χ0v) is 18.0. The van der Waals surface area contributed by atoms with Crippen molar-refractivity contribution in [3.05, 3.63) is 65.7 Å². The number of carbonyl (C=O) groups excluding carboxylic acids is 1. The second kappa shape index (κ2) is 9.32. The predicted molar refractivity (Wildman–Crippen MR) is 119 cm³/mol. The minimum atomic E-state index is -0.0352. The highest BCUT2D eigenvalue weighted by Gasteiger charge is 2.11. The Bertz CT molecular complexity index is 1170. The Kier molecular flexibility index (Phi) is 6.35. The number of hydrogen-bond donors (Lipinski definition) is 1. The van der Waals surface area contributed by atoms with Crippen LogP contribution in [0, 0.1) is 6.92 Å². The third-order valence-corrected chi connectivity index (χ3v) is 6.06. The van der Waals surface area contributed by atoms with E-state index in [2.05, 4.69) is 31.1 Å². The molecular formula is C21H21ClN6OS. The van der Waals surface area contributed by atoms with Gasteiger partial charge < -0.3 is 9.88 Å². The van der Waals surface area contributed by atoms with Gasteiger partial charge in [0.1, 0.15) is 6.33 Å². The Morgan fingerprint density at radius 3 is 2.93 bits per heavy atom. The van der Waals surface area contributed by atoms with Gasteiger partial charge in [-0.2, -0.15) is 0 Å². The first-order valence-electron chi connectivity index (χ1n) is 9.58.